The number of nitrogen functional groups attached to an aromatic ring is 1. The maximum Gasteiger partial charge on any atom is 0.237 e. The molecule has 0 atom stereocenters. The minimum atomic E-state index is -3.43. The van der Waals surface area contributed by atoms with Gasteiger partial charge in [-0.2, -0.15) is 4.31 Å². The molecular formula is C13H21N3O3S2. The number of sulfonamides is 1. The van der Waals surface area contributed by atoms with E-state index in [1.807, 2.05) is 12.1 Å². The van der Waals surface area contributed by atoms with E-state index in [-0.39, 0.29) is 18.2 Å². The normalized spacial score (nSPS) is 11.6. The van der Waals surface area contributed by atoms with Gasteiger partial charge in [-0.25, -0.2) is 8.42 Å². The van der Waals surface area contributed by atoms with Crippen LogP contribution in [-0.2, 0) is 14.8 Å². The summed E-state index contributed by atoms with van der Waals surface area (Å²) in [6.07, 6.45) is 0. The lowest BCUT2D eigenvalue weighted by Gasteiger charge is -2.18. The Balaban J connectivity index is 2.49. The molecule has 0 aliphatic heterocycles. The van der Waals surface area contributed by atoms with Crippen LogP contribution in [-0.4, -0.2) is 62.7 Å². The summed E-state index contributed by atoms with van der Waals surface area (Å²) >= 11 is 1.44. The fourth-order valence-electron chi connectivity index (χ4n) is 1.41. The lowest BCUT2D eigenvalue weighted by molar-refractivity contribution is -0.128. The quantitative estimate of drug-likeness (QED) is 0.588. The largest absolute Gasteiger partial charge is 0.399 e. The molecule has 1 amide bonds. The van der Waals surface area contributed by atoms with Crippen LogP contribution in [0.2, 0.25) is 0 Å². The van der Waals surface area contributed by atoms with Crippen LogP contribution in [0.4, 0.5) is 5.69 Å². The van der Waals surface area contributed by atoms with Gasteiger partial charge in [-0.3, -0.25) is 4.79 Å². The van der Waals surface area contributed by atoms with E-state index in [0.29, 0.717) is 11.4 Å². The van der Waals surface area contributed by atoms with Crippen molar-refractivity contribution in [2.75, 3.05) is 44.9 Å². The zero-order chi connectivity index (χ0) is 16.0. The van der Waals surface area contributed by atoms with Crippen molar-refractivity contribution in [3.8, 4) is 0 Å². The Labute approximate surface area is 130 Å². The number of nitrogens with two attached hydrogens (primary N) is 1. The van der Waals surface area contributed by atoms with Crippen LogP contribution in [0.1, 0.15) is 0 Å². The van der Waals surface area contributed by atoms with Crippen LogP contribution in [0.3, 0.4) is 0 Å². The van der Waals surface area contributed by atoms with Gasteiger partial charge in [0, 0.05) is 37.5 Å². The summed E-state index contributed by atoms with van der Waals surface area (Å²) in [6, 6.07) is 7.26. The molecular weight excluding hydrogens is 310 g/mol. The molecule has 0 bridgehead atoms. The monoisotopic (exact) mass is 331 g/mol. The van der Waals surface area contributed by atoms with Crippen molar-refractivity contribution in [3.05, 3.63) is 24.3 Å². The van der Waals surface area contributed by atoms with Crippen LogP contribution < -0.4 is 5.73 Å². The second-order valence-corrected chi connectivity index (χ2v) is 8.14. The number of amides is 1. The molecule has 1 aromatic rings. The number of carbonyl (C=O) groups excluding carboxylic acids is 1. The molecule has 0 aliphatic carbocycles. The van der Waals surface area contributed by atoms with Gasteiger partial charge >= 0.3 is 0 Å². The van der Waals surface area contributed by atoms with Crippen LogP contribution >= 0.6 is 11.8 Å². The Hall–Kier alpha value is -1.25. The molecule has 0 radical (unpaired) electrons. The number of likely N-dealkylation sites (N-methyl/N-ethyl adjacent to an activating group) is 2. The van der Waals surface area contributed by atoms with Crippen molar-refractivity contribution in [2.24, 2.45) is 0 Å². The number of carbonyl (C=O) groups is 1. The molecule has 6 nitrogen and oxygen atoms in total. The summed E-state index contributed by atoms with van der Waals surface area (Å²) < 4.78 is 25.2. The predicted octanol–water partition coefficient (Wildman–Crippen LogP) is 0.711. The average Bonchev–Trinajstić information content (AvgIpc) is 2.40. The number of rotatable bonds is 7. The van der Waals surface area contributed by atoms with E-state index in [9.17, 15) is 13.2 Å². The first kappa shape index (κ1) is 17.8. The van der Waals surface area contributed by atoms with Crippen LogP contribution in [0, 0.1) is 0 Å². The second kappa shape index (κ2) is 7.67. The third-order valence-electron chi connectivity index (χ3n) is 2.82. The maximum atomic E-state index is 12.1. The molecule has 8 heteroatoms. The molecule has 0 fully saturated rings. The second-order valence-electron chi connectivity index (χ2n) is 4.78. The Morgan fingerprint density at radius 3 is 2.29 bits per heavy atom. The smallest absolute Gasteiger partial charge is 0.237 e. The van der Waals surface area contributed by atoms with Gasteiger partial charge in [-0.05, 0) is 24.3 Å². The SMILES string of the molecule is CN(C)C(=O)CN(C)S(=O)(=O)CCSc1ccc(N)cc1. The first-order valence-electron chi connectivity index (χ1n) is 6.35. The van der Waals surface area contributed by atoms with Gasteiger partial charge in [-0.1, -0.05) is 0 Å². The minimum absolute atomic E-state index is 0.0146. The van der Waals surface area contributed by atoms with E-state index in [1.165, 1.54) is 23.7 Å². The van der Waals surface area contributed by atoms with Crippen LogP contribution in [0.5, 0.6) is 0 Å². The van der Waals surface area contributed by atoms with E-state index in [2.05, 4.69) is 0 Å². The number of nitrogens with zero attached hydrogens (tertiary/aromatic N) is 2. The molecule has 0 spiro atoms. The molecule has 2 N–H and O–H groups in total. The summed E-state index contributed by atoms with van der Waals surface area (Å²) in [5.74, 6) is 0.165. The molecule has 0 aliphatic rings. The molecule has 0 saturated heterocycles. The van der Waals surface area contributed by atoms with Crippen molar-refractivity contribution in [2.45, 2.75) is 4.90 Å². The lowest BCUT2D eigenvalue weighted by Crippen LogP contribution is -2.39. The predicted molar refractivity (Wildman–Crippen MR) is 86.7 cm³/mol. The topological polar surface area (TPSA) is 83.7 Å². The summed E-state index contributed by atoms with van der Waals surface area (Å²) in [4.78, 5) is 13.9. The maximum absolute atomic E-state index is 12.1. The lowest BCUT2D eigenvalue weighted by atomic mass is 10.3. The zero-order valence-electron chi connectivity index (χ0n) is 12.4. The van der Waals surface area contributed by atoms with E-state index in [0.717, 1.165) is 9.20 Å². The van der Waals surface area contributed by atoms with Crippen LogP contribution in [0.15, 0.2) is 29.2 Å². The zero-order valence-corrected chi connectivity index (χ0v) is 14.1. The highest BCUT2D eigenvalue weighted by atomic mass is 32.2. The van der Waals surface area contributed by atoms with E-state index >= 15 is 0 Å². The summed E-state index contributed by atoms with van der Waals surface area (Å²) in [6.45, 7) is -0.137. The third kappa shape index (κ3) is 5.94. The van der Waals surface area contributed by atoms with E-state index in [1.54, 1.807) is 26.2 Å². The highest BCUT2D eigenvalue weighted by Gasteiger charge is 2.20. The van der Waals surface area contributed by atoms with Gasteiger partial charge in [0.15, 0.2) is 0 Å². The fourth-order valence-corrected chi connectivity index (χ4v) is 3.77. The van der Waals surface area contributed by atoms with Gasteiger partial charge < -0.3 is 10.6 Å². The first-order valence-corrected chi connectivity index (χ1v) is 8.94. The Morgan fingerprint density at radius 2 is 1.76 bits per heavy atom. The van der Waals surface area contributed by atoms with E-state index < -0.39 is 10.0 Å². The minimum Gasteiger partial charge on any atom is -0.399 e. The standard InChI is InChI=1S/C13H21N3O3S2/c1-15(2)13(17)10-16(3)21(18,19)9-8-20-12-6-4-11(14)5-7-12/h4-7H,8-10,14H2,1-3H3. The summed E-state index contributed by atoms with van der Waals surface area (Å²) in [5.41, 5.74) is 6.26. The molecule has 1 aromatic carbocycles. The van der Waals surface area contributed by atoms with Crippen molar-refractivity contribution in [1.82, 2.24) is 9.21 Å². The highest BCUT2D eigenvalue weighted by Crippen LogP contribution is 2.19. The van der Waals surface area contributed by atoms with Gasteiger partial charge in [0.25, 0.3) is 0 Å². The summed E-state index contributed by atoms with van der Waals surface area (Å²) in [7, 11) is 1.19. The molecule has 0 aromatic heterocycles. The molecule has 0 unspecified atom stereocenters. The van der Waals surface area contributed by atoms with Crippen LogP contribution in [0.25, 0.3) is 0 Å². The Morgan fingerprint density at radius 1 is 1.19 bits per heavy atom. The number of thioether (sulfide) groups is 1. The Kier molecular flexibility index (Phi) is 6.50. The molecule has 21 heavy (non-hydrogen) atoms. The van der Waals surface area contributed by atoms with Gasteiger partial charge in [0.2, 0.25) is 15.9 Å². The number of hydrogen-bond acceptors (Lipinski definition) is 5. The Bertz CT molecular complexity index is 571. The molecule has 1 rings (SSSR count). The van der Waals surface area contributed by atoms with Crippen molar-refractivity contribution < 1.29 is 13.2 Å². The van der Waals surface area contributed by atoms with Crippen molar-refractivity contribution in [3.63, 3.8) is 0 Å². The number of anilines is 1. The summed E-state index contributed by atoms with van der Waals surface area (Å²) in [5, 5.41) is 0. The van der Waals surface area contributed by atoms with Gasteiger partial charge in [-0.15, -0.1) is 11.8 Å². The van der Waals surface area contributed by atoms with Gasteiger partial charge in [0.05, 0.1) is 12.3 Å². The third-order valence-corrected chi connectivity index (χ3v) is 5.89. The molecule has 0 saturated carbocycles. The number of benzene rings is 1. The van der Waals surface area contributed by atoms with Crippen molar-refractivity contribution >= 4 is 33.4 Å². The van der Waals surface area contributed by atoms with E-state index in [4.69, 9.17) is 5.73 Å². The fraction of sp³-hybridized carbons (Fsp3) is 0.462. The molecule has 0 heterocycles. The highest BCUT2D eigenvalue weighted by molar-refractivity contribution is 8.00. The average molecular weight is 331 g/mol. The van der Waals surface area contributed by atoms with Crippen molar-refractivity contribution in [1.29, 1.82) is 0 Å². The molecule has 118 valence electrons. The number of hydrogen-bond donors (Lipinski definition) is 1. The first-order chi connectivity index (χ1) is 9.72. The van der Waals surface area contributed by atoms with Gasteiger partial charge in [0.1, 0.15) is 0 Å².